The highest BCUT2D eigenvalue weighted by Crippen LogP contribution is 2.36. The molecule has 0 spiro atoms. The summed E-state index contributed by atoms with van der Waals surface area (Å²) >= 11 is 0. The third-order valence-corrected chi connectivity index (χ3v) is 9.02. The van der Waals surface area contributed by atoms with Crippen LogP contribution in [0.1, 0.15) is 49.1 Å². The Kier molecular flexibility index (Phi) is 8.16. The zero-order valence-electron chi connectivity index (χ0n) is 22.5. The molecule has 1 aromatic carbocycles. The van der Waals surface area contributed by atoms with E-state index in [4.69, 9.17) is 5.73 Å². The van der Waals surface area contributed by atoms with E-state index in [0.29, 0.717) is 23.3 Å². The molecule has 38 heavy (non-hydrogen) atoms. The van der Waals surface area contributed by atoms with Crippen molar-refractivity contribution in [3.8, 4) is 0 Å². The van der Waals surface area contributed by atoms with E-state index in [1.54, 1.807) is 0 Å². The number of rotatable bonds is 4. The summed E-state index contributed by atoms with van der Waals surface area (Å²) in [7, 11) is 0. The number of anilines is 1. The number of nitrogens with zero attached hydrogens (tertiary/aromatic N) is 5. The molecular formula is C29H43N9. The fraction of sp³-hybridized carbons (Fsp3) is 0.621. The molecule has 2 aromatic heterocycles. The molecule has 6 rings (SSSR count). The standard InChI is InChI=1S/C29H43N9/c30-27-16-26(28-29(33-27)35-36-34-28)25-9-11-31-12-14-37(13-10-21-5-2-1-3-6-21)18-22-7-4-8-23(15-22)19-38-20-24(25)17-32-38/h1-3,5-6,16,22-25,31-32H,4,7-15,17-20H2,(H3,30,33,34,35,36). The summed E-state index contributed by atoms with van der Waals surface area (Å²) < 4.78 is 0. The topological polar surface area (TPSA) is 111 Å². The number of benzene rings is 1. The van der Waals surface area contributed by atoms with E-state index in [1.807, 2.05) is 6.07 Å². The fourth-order valence-electron chi connectivity index (χ4n) is 7.13. The van der Waals surface area contributed by atoms with Gasteiger partial charge in [-0.25, -0.2) is 9.99 Å². The minimum absolute atomic E-state index is 0.344. The number of nitrogens with two attached hydrogens (primary N) is 1. The number of hydrogen-bond donors (Lipinski definition) is 4. The van der Waals surface area contributed by atoms with Crippen molar-refractivity contribution in [2.45, 2.75) is 44.4 Å². The highest BCUT2D eigenvalue weighted by Gasteiger charge is 2.34. The molecule has 5 N–H and O–H groups in total. The maximum Gasteiger partial charge on any atom is 0.203 e. The van der Waals surface area contributed by atoms with Gasteiger partial charge in [-0.1, -0.05) is 36.8 Å². The third-order valence-electron chi connectivity index (χ3n) is 9.02. The molecule has 9 nitrogen and oxygen atoms in total. The molecule has 2 aliphatic heterocycles. The van der Waals surface area contributed by atoms with Crippen LogP contribution in [0.25, 0.3) is 11.2 Å². The minimum atomic E-state index is 0.344. The number of aromatic amines is 1. The van der Waals surface area contributed by atoms with Crippen molar-refractivity contribution in [3.05, 3.63) is 47.5 Å². The van der Waals surface area contributed by atoms with E-state index < -0.39 is 0 Å². The molecule has 9 heteroatoms. The van der Waals surface area contributed by atoms with E-state index in [-0.39, 0.29) is 0 Å². The van der Waals surface area contributed by atoms with E-state index in [1.165, 1.54) is 43.4 Å². The summed E-state index contributed by atoms with van der Waals surface area (Å²) in [4.78, 5) is 7.12. The summed E-state index contributed by atoms with van der Waals surface area (Å²) in [6.45, 7) is 8.67. The van der Waals surface area contributed by atoms with Crippen LogP contribution in [0.2, 0.25) is 0 Å². The first-order chi connectivity index (χ1) is 18.7. The van der Waals surface area contributed by atoms with Crippen LogP contribution in [-0.4, -0.2) is 82.7 Å². The van der Waals surface area contributed by atoms with Crippen LogP contribution in [0.5, 0.6) is 0 Å². The number of H-pyrrole nitrogens is 1. The van der Waals surface area contributed by atoms with Crippen molar-refractivity contribution >= 4 is 17.0 Å². The summed E-state index contributed by atoms with van der Waals surface area (Å²) in [6.07, 6.45) is 7.61. The summed E-state index contributed by atoms with van der Waals surface area (Å²) in [5, 5.41) is 17.8. The predicted octanol–water partition coefficient (Wildman–Crippen LogP) is 2.80. The lowest BCUT2D eigenvalue weighted by Gasteiger charge is -2.35. The molecule has 3 aromatic rings. The molecule has 3 fully saturated rings. The molecule has 1 aliphatic carbocycles. The number of hydrazine groups is 1. The highest BCUT2D eigenvalue weighted by atomic mass is 15.5. The maximum atomic E-state index is 6.22. The van der Waals surface area contributed by atoms with Crippen LogP contribution in [-0.2, 0) is 6.42 Å². The highest BCUT2D eigenvalue weighted by molar-refractivity contribution is 5.76. The zero-order valence-corrected chi connectivity index (χ0v) is 22.5. The first-order valence-electron chi connectivity index (χ1n) is 14.6. The normalized spacial score (nSPS) is 29.6. The fourth-order valence-corrected chi connectivity index (χ4v) is 7.13. The number of nitrogens with one attached hydrogen (secondary N) is 3. The Labute approximate surface area is 225 Å². The van der Waals surface area contributed by atoms with Crippen molar-refractivity contribution in [3.63, 3.8) is 0 Å². The molecule has 5 unspecified atom stereocenters. The van der Waals surface area contributed by atoms with Gasteiger partial charge in [-0.05, 0) is 79.5 Å². The summed E-state index contributed by atoms with van der Waals surface area (Å²) in [5.41, 5.74) is 14.1. The Hall–Kier alpha value is -2.59. The van der Waals surface area contributed by atoms with E-state index in [2.05, 4.69) is 71.4 Å². The molecule has 0 radical (unpaired) electrons. The lowest BCUT2D eigenvalue weighted by atomic mass is 9.80. The Morgan fingerprint density at radius 2 is 1.84 bits per heavy atom. The molecule has 3 aliphatic rings. The van der Waals surface area contributed by atoms with Crippen molar-refractivity contribution in [1.29, 1.82) is 0 Å². The Morgan fingerprint density at radius 1 is 0.974 bits per heavy atom. The SMILES string of the molecule is Nc1cc(C2CCNCCN(CCc3ccccc3)CC3CCCC(C3)CN3CC2CN3)c2n[nH]nc2n1. The van der Waals surface area contributed by atoms with Crippen LogP contribution in [0.3, 0.4) is 0 Å². The number of hydrogen-bond acceptors (Lipinski definition) is 8. The second-order valence-electron chi connectivity index (χ2n) is 11.7. The van der Waals surface area contributed by atoms with Gasteiger partial charge in [0.2, 0.25) is 5.65 Å². The monoisotopic (exact) mass is 517 g/mol. The van der Waals surface area contributed by atoms with Crippen molar-refractivity contribution < 1.29 is 0 Å². The van der Waals surface area contributed by atoms with Crippen molar-refractivity contribution in [2.75, 3.05) is 58.1 Å². The average molecular weight is 518 g/mol. The van der Waals surface area contributed by atoms with E-state index in [9.17, 15) is 0 Å². The van der Waals surface area contributed by atoms with Crippen LogP contribution in [0.4, 0.5) is 5.82 Å². The van der Waals surface area contributed by atoms with Crippen LogP contribution in [0, 0.1) is 17.8 Å². The molecule has 4 bridgehead atoms. The van der Waals surface area contributed by atoms with Crippen LogP contribution in [0.15, 0.2) is 36.4 Å². The molecule has 204 valence electrons. The van der Waals surface area contributed by atoms with Gasteiger partial charge in [-0.15, -0.1) is 5.10 Å². The minimum Gasteiger partial charge on any atom is -0.384 e. The molecule has 0 amide bonds. The average Bonchev–Trinajstić information content (AvgIpc) is 3.59. The molecule has 1 saturated carbocycles. The maximum absolute atomic E-state index is 6.22. The Balaban J connectivity index is 1.19. The van der Waals surface area contributed by atoms with Gasteiger partial charge in [0.15, 0.2) is 0 Å². The third kappa shape index (κ3) is 6.17. The predicted molar refractivity (Wildman–Crippen MR) is 151 cm³/mol. The molecule has 5 atom stereocenters. The second-order valence-corrected chi connectivity index (χ2v) is 11.7. The number of fused-ring (bicyclic) bond motifs is 5. The van der Waals surface area contributed by atoms with Gasteiger partial charge in [0, 0.05) is 45.8 Å². The molecular weight excluding hydrogens is 474 g/mol. The van der Waals surface area contributed by atoms with Crippen LogP contribution >= 0.6 is 0 Å². The smallest absolute Gasteiger partial charge is 0.203 e. The largest absolute Gasteiger partial charge is 0.384 e. The number of nitrogen functional groups attached to an aromatic ring is 1. The van der Waals surface area contributed by atoms with Gasteiger partial charge >= 0.3 is 0 Å². The lowest BCUT2D eigenvalue weighted by molar-refractivity contribution is 0.133. The van der Waals surface area contributed by atoms with Crippen molar-refractivity contribution in [1.82, 2.24) is 41.0 Å². The first kappa shape index (κ1) is 25.7. The van der Waals surface area contributed by atoms with Crippen molar-refractivity contribution in [2.24, 2.45) is 17.8 Å². The molecule has 2 saturated heterocycles. The lowest BCUT2D eigenvalue weighted by Crippen LogP contribution is -2.40. The van der Waals surface area contributed by atoms with Gasteiger partial charge in [-0.2, -0.15) is 10.3 Å². The number of pyridine rings is 1. The number of aromatic nitrogens is 4. The van der Waals surface area contributed by atoms with E-state index >= 15 is 0 Å². The van der Waals surface area contributed by atoms with Gasteiger partial charge < -0.3 is 16.0 Å². The zero-order chi connectivity index (χ0) is 25.7. The van der Waals surface area contributed by atoms with Gasteiger partial charge in [0.1, 0.15) is 11.3 Å². The quantitative estimate of drug-likeness (QED) is 0.418. The summed E-state index contributed by atoms with van der Waals surface area (Å²) in [5.74, 6) is 2.95. The Morgan fingerprint density at radius 3 is 2.74 bits per heavy atom. The van der Waals surface area contributed by atoms with E-state index in [0.717, 1.165) is 76.0 Å². The van der Waals surface area contributed by atoms with Gasteiger partial charge in [0.25, 0.3) is 0 Å². The molecule has 4 heterocycles. The summed E-state index contributed by atoms with van der Waals surface area (Å²) in [6, 6.07) is 13.0. The first-order valence-corrected chi connectivity index (χ1v) is 14.6. The van der Waals surface area contributed by atoms with Gasteiger partial charge in [-0.3, -0.25) is 5.43 Å². The van der Waals surface area contributed by atoms with Crippen LogP contribution < -0.4 is 16.5 Å². The van der Waals surface area contributed by atoms with Gasteiger partial charge in [0.05, 0.1) is 0 Å². The Bertz CT molecular complexity index is 1170. The second kappa shape index (κ2) is 12.1.